The van der Waals surface area contributed by atoms with Crippen LogP contribution in [-0.2, 0) is 19.1 Å². The Bertz CT molecular complexity index is 1050. The molecular formula is C18H17ClF3N7O. The Kier molecular flexibility index (Phi) is 6.20. The standard InChI is InChI=1S/C18H17ClF3N7O/c1-3-10-4-11(6-12(5-10)18(20,21)22)15(30)24-9-14-27-16(23-2)28-29(14)17-25-7-13(19)8-26-17/h4-8H,3,9H2,1-2H3,(H,23,28)(H,24,30). The number of rotatable bonds is 6. The number of nitrogens with zero attached hydrogens (tertiary/aromatic N) is 5. The van der Waals surface area contributed by atoms with Crippen molar-refractivity contribution in [3.63, 3.8) is 0 Å². The average Bonchev–Trinajstić information content (AvgIpc) is 3.14. The number of hydrogen-bond donors (Lipinski definition) is 2. The van der Waals surface area contributed by atoms with Gasteiger partial charge in [-0.15, -0.1) is 5.10 Å². The fourth-order valence-corrected chi connectivity index (χ4v) is 2.69. The average molecular weight is 440 g/mol. The van der Waals surface area contributed by atoms with Crippen molar-refractivity contribution in [2.24, 2.45) is 0 Å². The van der Waals surface area contributed by atoms with Crippen molar-refractivity contribution in [2.75, 3.05) is 12.4 Å². The number of carbonyl (C=O) groups excluding carboxylic acids is 1. The molecule has 0 saturated heterocycles. The number of alkyl halides is 3. The summed E-state index contributed by atoms with van der Waals surface area (Å²) in [6.45, 7) is 1.60. The number of nitrogens with one attached hydrogen (secondary N) is 2. The van der Waals surface area contributed by atoms with Crippen LogP contribution in [0.1, 0.15) is 34.2 Å². The second-order valence-corrected chi connectivity index (χ2v) is 6.60. The van der Waals surface area contributed by atoms with E-state index in [0.717, 1.165) is 12.1 Å². The molecule has 30 heavy (non-hydrogen) atoms. The number of aryl methyl sites for hydroxylation is 1. The van der Waals surface area contributed by atoms with Gasteiger partial charge in [-0.05, 0) is 30.2 Å². The van der Waals surface area contributed by atoms with E-state index in [1.54, 1.807) is 14.0 Å². The van der Waals surface area contributed by atoms with Gasteiger partial charge < -0.3 is 10.6 Å². The number of benzene rings is 1. The maximum atomic E-state index is 13.1. The first-order chi connectivity index (χ1) is 14.2. The van der Waals surface area contributed by atoms with Crippen LogP contribution >= 0.6 is 11.6 Å². The summed E-state index contributed by atoms with van der Waals surface area (Å²) in [4.78, 5) is 24.9. The lowest BCUT2D eigenvalue weighted by Gasteiger charge is -2.12. The molecule has 1 amide bonds. The van der Waals surface area contributed by atoms with Gasteiger partial charge in [-0.1, -0.05) is 18.5 Å². The highest BCUT2D eigenvalue weighted by atomic mass is 35.5. The van der Waals surface area contributed by atoms with Crippen molar-refractivity contribution < 1.29 is 18.0 Å². The maximum absolute atomic E-state index is 13.1. The lowest BCUT2D eigenvalue weighted by atomic mass is 10.0. The molecule has 8 nitrogen and oxygen atoms in total. The van der Waals surface area contributed by atoms with Crippen LogP contribution in [0.2, 0.25) is 5.02 Å². The van der Waals surface area contributed by atoms with Crippen LogP contribution in [-0.4, -0.2) is 37.7 Å². The zero-order valence-electron chi connectivity index (χ0n) is 16.0. The molecule has 0 aliphatic heterocycles. The van der Waals surface area contributed by atoms with E-state index in [1.165, 1.54) is 23.1 Å². The molecular weight excluding hydrogens is 423 g/mol. The number of hydrogen-bond acceptors (Lipinski definition) is 6. The van der Waals surface area contributed by atoms with Gasteiger partial charge in [0.1, 0.15) is 0 Å². The first-order valence-corrected chi connectivity index (χ1v) is 9.20. The molecule has 2 N–H and O–H groups in total. The van der Waals surface area contributed by atoms with Crippen molar-refractivity contribution >= 4 is 23.5 Å². The molecule has 0 aliphatic carbocycles. The molecule has 1 aromatic carbocycles. The number of amides is 1. The Morgan fingerprint density at radius 3 is 2.50 bits per heavy atom. The van der Waals surface area contributed by atoms with Crippen molar-refractivity contribution in [3.8, 4) is 5.95 Å². The summed E-state index contributed by atoms with van der Waals surface area (Å²) < 4.78 is 40.7. The Morgan fingerprint density at radius 2 is 1.90 bits per heavy atom. The third-order valence-electron chi connectivity index (χ3n) is 4.09. The molecule has 2 heterocycles. The molecule has 0 aliphatic rings. The maximum Gasteiger partial charge on any atom is 0.416 e. The van der Waals surface area contributed by atoms with Gasteiger partial charge >= 0.3 is 6.18 Å². The van der Waals surface area contributed by atoms with E-state index in [0.29, 0.717) is 17.0 Å². The van der Waals surface area contributed by atoms with Gasteiger partial charge in [0, 0.05) is 12.6 Å². The van der Waals surface area contributed by atoms with Crippen LogP contribution in [0.4, 0.5) is 19.1 Å². The second-order valence-electron chi connectivity index (χ2n) is 6.17. The van der Waals surface area contributed by atoms with E-state index in [-0.39, 0.29) is 29.8 Å². The number of aromatic nitrogens is 5. The molecule has 2 aromatic heterocycles. The smallest absolute Gasteiger partial charge is 0.356 e. The summed E-state index contributed by atoms with van der Waals surface area (Å²) in [6.07, 6.45) is -1.43. The Labute approximate surface area is 174 Å². The van der Waals surface area contributed by atoms with E-state index in [9.17, 15) is 18.0 Å². The molecule has 0 atom stereocenters. The Hall–Kier alpha value is -3.21. The molecule has 0 saturated carbocycles. The molecule has 0 bridgehead atoms. The molecule has 158 valence electrons. The van der Waals surface area contributed by atoms with Crippen molar-refractivity contribution in [1.82, 2.24) is 30.0 Å². The van der Waals surface area contributed by atoms with Gasteiger partial charge in [-0.3, -0.25) is 4.79 Å². The monoisotopic (exact) mass is 439 g/mol. The fourth-order valence-electron chi connectivity index (χ4n) is 2.59. The highest BCUT2D eigenvalue weighted by molar-refractivity contribution is 6.30. The van der Waals surface area contributed by atoms with Crippen molar-refractivity contribution in [2.45, 2.75) is 26.1 Å². The van der Waals surface area contributed by atoms with Crippen LogP contribution in [0.15, 0.2) is 30.6 Å². The first kappa shape index (κ1) is 21.5. The van der Waals surface area contributed by atoms with Gasteiger partial charge in [0.15, 0.2) is 5.82 Å². The highest BCUT2D eigenvalue weighted by Gasteiger charge is 2.31. The number of anilines is 1. The predicted molar refractivity (Wildman–Crippen MR) is 103 cm³/mol. The largest absolute Gasteiger partial charge is 0.416 e. The van der Waals surface area contributed by atoms with Crippen LogP contribution in [0.3, 0.4) is 0 Å². The predicted octanol–water partition coefficient (Wildman–Crippen LogP) is 3.26. The minimum atomic E-state index is -4.55. The van der Waals surface area contributed by atoms with E-state index < -0.39 is 17.6 Å². The molecule has 0 fully saturated rings. The van der Waals surface area contributed by atoms with Gasteiger partial charge in [0.25, 0.3) is 11.9 Å². The third-order valence-corrected chi connectivity index (χ3v) is 4.29. The first-order valence-electron chi connectivity index (χ1n) is 8.82. The van der Waals surface area contributed by atoms with Crippen LogP contribution in [0.25, 0.3) is 5.95 Å². The summed E-state index contributed by atoms with van der Waals surface area (Å²) in [6, 6.07) is 3.28. The summed E-state index contributed by atoms with van der Waals surface area (Å²) in [5.74, 6) is 0.0289. The topological polar surface area (TPSA) is 97.6 Å². The summed E-state index contributed by atoms with van der Waals surface area (Å²) in [7, 11) is 1.61. The molecule has 3 aromatic rings. The molecule has 0 spiro atoms. The van der Waals surface area contributed by atoms with E-state index in [4.69, 9.17) is 11.6 Å². The van der Waals surface area contributed by atoms with Crippen LogP contribution < -0.4 is 10.6 Å². The van der Waals surface area contributed by atoms with E-state index >= 15 is 0 Å². The molecule has 0 radical (unpaired) electrons. The van der Waals surface area contributed by atoms with Gasteiger partial charge in [-0.25, -0.2) is 9.97 Å². The summed E-state index contributed by atoms with van der Waals surface area (Å²) in [5.41, 5.74) is -0.559. The Balaban J connectivity index is 1.84. The number of halogens is 4. The van der Waals surface area contributed by atoms with Gasteiger partial charge in [0.05, 0.1) is 29.5 Å². The van der Waals surface area contributed by atoms with Gasteiger partial charge in [-0.2, -0.15) is 22.8 Å². The quantitative estimate of drug-likeness (QED) is 0.612. The SMILES string of the molecule is CCc1cc(C(=O)NCc2nc(NC)nn2-c2ncc(Cl)cn2)cc(C(F)(F)F)c1. The lowest BCUT2D eigenvalue weighted by Crippen LogP contribution is -2.25. The van der Waals surface area contributed by atoms with Crippen LogP contribution in [0.5, 0.6) is 0 Å². The fraction of sp³-hybridized carbons (Fsp3) is 0.278. The van der Waals surface area contributed by atoms with Crippen molar-refractivity contribution in [3.05, 3.63) is 58.1 Å². The van der Waals surface area contributed by atoms with Crippen LogP contribution in [0, 0.1) is 0 Å². The van der Waals surface area contributed by atoms with E-state index in [1.807, 2.05) is 0 Å². The van der Waals surface area contributed by atoms with E-state index in [2.05, 4.69) is 30.7 Å². The second kappa shape index (κ2) is 8.66. The minimum absolute atomic E-state index is 0.0932. The molecule has 0 unspecified atom stereocenters. The molecule has 3 rings (SSSR count). The minimum Gasteiger partial charge on any atom is -0.356 e. The summed E-state index contributed by atoms with van der Waals surface area (Å²) >= 11 is 5.79. The van der Waals surface area contributed by atoms with Gasteiger partial charge in [0.2, 0.25) is 5.95 Å². The normalized spacial score (nSPS) is 11.4. The Morgan fingerprint density at radius 1 is 1.20 bits per heavy atom. The number of carbonyl (C=O) groups is 1. The zero-order valence-corrected chi connectivity index (χ0v) is 16.7. The molecule has 12 heteroatoms. The lowest BCUT2D eigenvalue weighted by molar-refractivity contribution is -0.137. The highest BCUT2D eigenvalue weighted by Crippen LogP contribution is 2.31. The third kappa shape index (κ3) is 4.85. The zero-order chi connectivity index (χ0) is 21.9. The van der Waals surface area contributed by atoms with Crippen molar-refractivity contribution in [1.29, 1.82) is 0 Å². The summed E-state index contributed by atoms with van der Waals surface area (Å²) in [5, 5.41) is 9.84.